The summed E-state index contributed by atoms with van der Waals surface area (Å²) < 4.78 is 4.89. The maximum absolute atomic E-state index is 4.89. The first-order valence-electron chi connectivity index (χ1n) is 4.19. The lowest BCUT2D eigenvalue weighted by Crippen LogP contribution is -1.86. The van der Waals surface area contributed by atoms with Gasteiger partial charge in [0.2, 0.25) is 11.7 Å². The monoisotopic (exact) mass is 187 g/mol. The van der Waals surface area contributed by atoms with E-state index in [0.717, 1.165) is 5.56 Å². The van der Waals surface area contributed by atoms with Crippen molar-refractivity contribution in [1.29, 1.82) is 0 Å². The van der Waals surface area contributed by atoms with E-state index in [9.17, 15) is 0 Å². The van der Waals surface area contributed by atoms with Gasteiger partial charge in [0.25, 0.3) is 0 Å². The molecule has 0 saturated carbocycles. The normalized spacial score (nSPS) is 10.1. The van der Waals surface area contributed by atoms with Crippen molar-refractivity contribution >= 4 is 6.08 Å². The quantitative estimate of drug-likeness (QED) is 0.722. The highest BCUT2D eigenvalue weighted by atomic mass is 16.5. The molecule has 4 nitrogen and oxygen atoms in total. The van der Waals surface area contributed by atoms with E-state index < -0.39 is 0 Å². The van der Waals surface area contributed by atoms with E-state index in [1.54, 1.807) is 6.20 Å². The second-order valence-corrected chi connectivity index (χ2v) is 2.88. The van der Waals surface area contributed by atoms with E-state index in [1.807, 2.05) is 19.1 Å². The fourth-order valence-corrected chi connectivity index (χ4v) is 1.08. The first-order chi connectivity index (χ1) is 6.79. The number of aryl methyl sites for hydroxylation is 1. The Bertz CT molecular complexity index is 462. The van der Waals surface area contributed by atoms with Crippen molar-refractivity contribution in [2.45, 2.75) is 6.92 Å². The van der Waals surface area contributed by atoms with E-state index in [-0.39, 0.29) is 0 Å². The summed E-state index contributed by atoms with van der Waals surface area (Å²) >= 11 is 0. The SMILES string of the molecule is C=Cc1nc(-c2cc(C)ccn2)no1. The zero-order chi connectivity index (χ0) is 9.97. The van der Waals surface area contributed by atoms with E-state index in [1.165, 1.54) is 6.08 Å². The molecule has 0 aromatic carbocycles. The van der Waals surface area contributed by atoms with Crippen LogP contribution in [0.5, 0.6) is 0 Å². The van der Waals surface area contributed by atoms with Crippen molar-refractivity contribution < 1.29 is 4.52 Å². The smallest absolute Gasteiger partial charge is 0.250 e. The molecule has 0 amide bonds. The molecule has 0 saturated heterocycles. The van der Waals surface area contributed by atoms with Gasteiger partial charge in [0.15, 0.2) is 0 Å². The molecule has 0 fully saturated rings. The van der Waals surface area contributed by atoms with Crippen LogP contribution in [0, 0.1) is 6.92 Å². The molecular formula is C10H9N3O. The van der Waals surface area contributed by atoms with Crippen LogP contribution in [-0.2, 0) is 0 Å². The van der Waals surface area contributed by atoms with E-state index >= 15 is 0 Å². The summed E-state index contributed by atoms with van der Waals surface area (Å²) in [5.41, 5.74) is 1.82. The van der Waals surface area contributed by atoms with Crippen molar-refractivity contribution in [3.63, 3.8) is 0 Å². The summed E-state index contributed by atoms with van der Waals surface area (Å²) in [4.78, 5) is 8.22. The Hall–Kier alpha value is -1.97. The van der Waals surface area contributed by atoms with Gasteiger partial charge >= 0.3 is 0 Å². The molecule has 0 aliphatic rings. The third-order valence-corrected chi connectivity index (χ3v) is 1.76. The van der Waals surface area contributed by atoms with Crippen LogP contribution in [0.1, 0.15) is 11.5 Å². The summed E-state index contributed by atoms with van der Waals surface area (Å²) in [7, 11) is 0. The van der Waals surface area contributed by atoms with Crippen LogP contribution in [-0.4, -0.2) is 15.1 Å². The number of rotatable bonds is 2. The highest BCUT2D eigenvalue weighted by molar-refractivity contribution is 5.50. The van der Waals surface area contributed by atoms with Gasteiger partial charge in [-0.15, -0.1) is 0 Å². The topological polar surface area (TPSA) is 51.8 Å². The standard InChI is InChI=1S/C10H9N3O/c1-3-9-12-10(13-14-9)8-6-7(2)4-5-11-8/h3-6H,1H2,2H3. The van der Waals surface area contributed by atoms with Crippen molar-refractivity contribution in [2.75, 3.05) is 0 Å². The van der Waals surface area contributed by atoms with Gasteiger partial charge in [-0.25, -0.2) is 0 Å². The van der Waals surface area contributed by atoms with Crippen molar-refractivity contribution in [1.82, 2.24) is 15.1 Å². The number of nitrogens with zero attached hydrogens (tertiary/aromatic N) is 3. The average Bonchev–Trinajstić information content (AvgIpc) is 2.66. The molecule has 0 radical (unpaired) electrons. The summed E-state index contributed by atoms with van der Waals surface area (Å²) in [5, 5.41) is 3.78. The van der Waals surface area contributed by atoms with Crippen molar-refractivity contribution in [3.8, 4) is 11.5 Å². The Labute approximate surface area is 81.3 Å². The fraction of sp³-hybridized carbons (Fsp3) is 0.100. The molecule has 4 heteroatoms. The molecule has 2 rings (SSSR count). The molecule has 0 aliphatic carbocycles. The van der Waals surface area contributed by atoms with Gasteiger partial charge in [0, 0.05) is 6.20 Å². The molecule has 0 bridgehead atoms. The summed E-state index contributed by atoms with van der Waals surface area (Å²) in [6.07, 6.45) is 3.22. The molecule has 0 aliphatic heterocycles. The molecule has 2 aromatic rings. The van der Waals surface area contributed by atoms with Crippen LogP contribution in [0.3, 0.4) is 0 Å². The van der Waals surface area contributed by atoms with Gasteiger partial charge < -0.3 is 4.52 Å². The predicted octanol–water partition coefficient (Wildman–Crippen LogP) is 2.08. The second-order valence-electron chi connectivity index (χ2n) is 2.88. The zero-order valence-corrected chi connectivity index (χ0v) is 7.77. The third-order valence-electron chi connectivity index (χ3n) is 1.76. The molecule has 70 valence electrons. The first-order valence-corrected chi connectivity index (χ1v) is 4.19. The Morgan fingerprint density at radius 2 is 2.36 bits per heavy atom. The average molecular weight is 187 g/mol. The molecule has 14 heavy (non-hydrogen) atoms. The highest BCUT2D eigenvalue weighted by Crippen LogP contribution is 2.13. The van der Waals surface area contributed by atoms with Gasteiger partial charge in [0.1, 0.15) is 5.69 Å². The molecular weight excluding hydrogens is 178 g/mol. The fourth-order valence-electron chi connectivity index (χ4n) is 1.08. The van der Waals surface area contributed by atoms with Crippen LogP contribution in [0.4, 0.5) is 0 Å². The maximum atomic E-state index is 4.89. The van der Waals surface area contributed by atoms with Gasteiger partial charge in [0.05, 0.1) is 0 Å². The highest BCUT2D eigenvalue weighted by Gasteiger charge is 2.06. The van der Waals surface area contributed by atoms with Crippen LogP contribution < -0.4 is 0 Å². The van der Waals surface area contributed by atoms with Crippen LogP contribution >= 0.6 is 0 Å². The van der Waals surface area contributed by atoms with Gasteiger partial charge in [-0.1, -0.05) is 11.7 Å². The maximum Gasteiger partial charge on any atom is 0.250 e. The van der Waals surface area contributed by atoms with E-state index in [4.69, 9.17) is 4.52 Å². The minimum atomic E-state index is 0.406. The minimum Gasteiger partial charge on any atom is -0.334 e. The second kappa shape index (κ2) is 3.41. The van der Waals surface area contributed by atoms with Gasteiger partial charge in [-0.05, 0) is 30.7 Å². The van der Waals surface area contributed by atoms with Gasteiger partial charge in [-0.3, -0.25) is 4.98 Å². The van der Waals surface area contributed by atoms with Crippen molar-refractivity contribution in [3.05, 3.63) is 36.4 Å². The van der Waals surface area contributed by atoms with E-state index in [2.05, 4.69) is 21.7 Å². The number of hydrogen-bond donors (Lipinski definition) is 0. The lowest BCUT2D eigenvalue weighted by atomic mass is 10.2. The molecule has 2 aromatic heterocycles. The minimum absolute atomic E-state index is 0.406. The predicted molar refractivity (Wildman–Crippen MR) is 52.4 cm³/mol. The van der Waals surface area contributed by atoms with Crippen molar-refractivity contribution in [2.24, 2.45) is 0 Å². The largest absolute Gasteiger partial charge is 0.334 e. The van der Waals surface area contributed by atoms with E-state index in [0.29, 0.717) is 17.4 Å². The lowest BCUT2D eigenvalue weighted by Gasteiger charge is -1.93. The lowest BCUT2D eigenvalue weighted by molar-refractivity contribution is 0.411. The van der Waals surface area contributed by atoms with Crippen LogP contribution in [0.15, 0.2) is 29.4 Å². The summed E-state index contributed by atoms with van der Waals surface area (Å²) in [6.45, 7) is 5.52. The molecule has 2 heterocycles. The third kappa shape index (κ3) is 1.54. The number of aromatic nitrogens is 3. The Morgan fingerprint density at radius 3 is 3.00 bits per heavy atom. The molecule has 0 N–H and O–H groups in total. The molecule has 0 atom stereocenters. The summed E-state index contributed by atoms with van der Waals surface area (Å²) in [6, 6.07) is 3.82. The molecule has 0 unspecified atom stereocenters. The molecule has 0 spiro atoms. The van der Waals surface area contributed by atoms with Crippen LogP contribution in [0.25, 0.3) is 17.6 Å². The number of hydrogen-bond acceptors (Lipinski definition) is 4. The summed E-state index contributed by atoms with van der Waals surface area (Å²) in [5.74, 6) is 0.895. The number of pyridine rings is 1. The van der Waals surface area contributed by atoms with Crippen LogP contribution in [0.2, 0.25) is 0 Å². The Morgan fingerprint density at radius 1 is 1.50 bits per heavy atom. The first kappa shape index (κ1) is 8.62. The zero-order valence-electron chi connectivity index (χ0n) is 7.77. The van der Waals surface area contributed by atoms with Gasteiger partial charge in [-0.2, -0.15) is 4.98 Å². The Kier molecular flexibility index (Phi) is 2.10. The Balaban J connectivity index is 2.43.